The molecule has 0 bridgehead atoms. The molecule has 3 N–H and O–H groups in total. The van der Waals surface area contributed by atoms with Crippen LogP contribution >= 0.6 is 0 Å². The highest BCUT2D eigenvalue weighted by molar-refractivity contribution is 5.95. The summed E-state index contributed by atoms with van der Waals surface area (Å²) < 4.78 is 0. The number of carbonyl (C=O) groups is 1. The quantitative estimate of drug-likeness (QED) is 0.795. The molecule has 1 aromatic rings. The van der Waals surface area contributed by atoms with Gasteiger partial charge in [0.1, 0.15) is 11.4 Å². The fraction of sp³-hybridized carbons (Fsp3) is 0.625. The van der Waals surface area contributed by atoms with Gasteiger partial charge in [0.15, 0.2) is 0 Å². The Labute approximate surface area is 125 Å². The van der Waals surface area contributed by atoms with Crippen molar-refractivity contribution in [2.75, 3.05) is 11.9 Å². The molecule has 0 saturated heterocycles. The first-order chi connectivity index (χ1) is 9.87. The van der Waals surface area contributed by atoms with Crippen molar-refractivity contribution < 1.29 is 15.0 Å². The number of carboxylic acid groups (broad SMARTS) is 1. The third-order valence-corrected chi connectivity index (χ3v) is 4.34. The monoisotopic (exact) mass is 292 g/mol. The average Bonchev–Trinajstić information content (AvgIpc) is 2.37. The number of aromatic nitrogens is 1. The predicted molar refractivity (Wildman–Crippen MR) is 81.7 cm³/mol. The van der Waals surface area contributed by atoms with E-state index in [4.69, 9.17) is 0 Å². The summed E-state index contributed by atoms with van der Waals surface area (Å²) in [5.74, 6) is -0.0971. The van der Waals surface area contributed by atoms with Gasteiger partial charge >= 0.3 is 5.97 Å². The van der Waals surface area contributed by atoms with E-state index < -0.39 is 11.5 Å². The molecule has 0 spiro atoms. The zero-order valence-corrected chi connectivity index (χ0v) is 12.9. The number of hydrogen-bond acceptors (Lipinski definition) is 4. The van der Waals surface area contributed by atoms with E-state index in [1.807, 2.05) is 6.92 Å². The number of nitrogens with zero attached hydrogens (tertiary/aromatic N) is 1. The van der Waals surface area contributed by atoms with Crippen LogP contribution in [0.2, 0.25) is 0 Å². The second-order valence-electron chi connectivity index (χ2n) is 6.37. The number of rotatable bonds is 4. The Kier molecular flexibility index (Phi) is 4.52. The molecule has 21 heavy (non-hydrogen) atoms. The van der Waals surface area contributed by atoms with Crippen molar-refractivity contribution in [3.05, 3.63) is 22.9 Å². The van der Waals surface area contributed by atoms with Crippen molar-refractivity contribution in [3.8, 4) is 0 Å². The number of pyridine rings is 1. The Balaban J connectivity index is 2.39. The number of carboxylic acids is 1. The molecule has 2 unspecified atom stereocenters. The molecule has 0 aromatic carbocycles. The van der Waals surface area contributed by atoms with Crippen molar-refractivity contribution in [3.63, 3.8) is 0 Å². The Morgan fingerprint density at radius 2 is 2.24 bits per heavy atom. The summed E-state index contributed by atoms with van der Waals surface area (Å²) in [6.07, 6.45) is 3.84. The maximum Gasteiger partial charge on any atom is 0.339 e. The lowest BCUT2D eigenvalue weighted by atomic mass is 9.76. The molecule has 2 rings (SSSR count). The summed E-state index contributed by atoms with van der Waals surface area (Å²) in [4.78, 5) is 15.9. The van der Waals surface area contributed by atoms with Gasteiger partial charge in [-0.3, -0.25) is 0 Å². The second kappa shape index (κ2) is 6.02. The van der Waals surface area contributed by atoms with Gasteiger partial charge in [-0.15, -0.1) is 0 Å². The minimum atomic E-state index is -0.987. The maximum atomic E-state index is 11.5. The normalized spacial score (nSPS) is 25.6. The van der Waals surface area contributed by atoms with Crippen LogP contribution < -0.4 is 5.32 Å². The third-order valence-electron chi connectivity index (χ3n) is 4.34. The first-order valence-electron chi connectivity index (χ1n) is 7.47. The van der Waals surface area contributed by atoms with E-state index in [1.54, 1.807) is 13.0 Å². The fourth-order valence-electron chi connectivity index (χ4n) is 3.41. The van der Waals surface area contributed by atoms with Crippen molar-refractivity contribution >= 4 is 11.8 Å². The fourth-order valence-corrected chi connectivity index (χ4v) is 3.41. The average molecular weight is 292 g/mol. The molecule has 0 aliphatic heterocycles. The molecule has 5 heteroatoms. The van der Waals surface area contributed by atoms with Crippen molar-refractivity contribution in [1.29, 1.82) is 0 Å². The van der Waals surface area contributed by atoms with Gasteiger partial charge in [0.2, 0.25) is 0 Å². The predicted octanol–water partition coefficient (Wildman–Crippen LogP) is 2.75. The largest absolute Gasteiger partial charge is 0.478 e. The standard InChI is InChI=1S/C16H24N2O3/c1-10-5-4-6-16(8-10,9-19)18-14-13(15(20)21)11(2)7-12(3)17-14/h7,10,19H,4-6,8-9H2,1-3H3,(H,17,18)(H,20,21). The van der Waals surface area contributed by atoms with Gasteiger partial charge in [0, 0.05) is 5.69 Å². The topological polar surface area (TPSA) is 82.5 Å². The molecular formula is C16H24N2O3. The number of aliphatic hydroxyl groups is 1. The summed E-state index contributed by atoms with van der Waals surface area (Å²) in [5, 5.41) is 22.5. The van der Waals surface area contributed by atoms with E-state index in [9.17, 15) is 15.0 Å². The van der Waals surface area contributed by atoms with Crippen LogP contribution in [0, 0.1) is 19.8 Å². The maximum absolute atomic E-state index is 11.5. The van der Waals surface area contributed by atoms with Crippen LogP contribution in [-0.4, -0.2) is 33.3 Å². The molecule has 1 saturated carbocycles. The molecule has 116 valence electrons. The minimum absolute atomic E-state index is 0.00886. The van der Waals surface area contributed by atoms with Crippen molar-refractivity contribution in [1.82, 2.24) is 4.98 Å². The number of anilines is 1. The third kappa shape index (κ3) is 3.35. The van der Waals surface area contributed by atoms with E-state index in [-0.39, 0.29) is 12.2 Å². The summed E-state index contributed by atoms with van der Waals surface area (Å²) in [7, 11) is 0. The highest BCUT2D eigenvalue weighted by Gasteiger charge is 2.35. The molecule has 5 nitrogen and oxygen atoms in total. The van der Waals surface area contributed by atoms with E-state index in [2.05, 4.69) is 17.2 Å². The minimum Gasteiger partial charge on any atom is -0.478 e. The zero-order chi connectivity index (χ0) is 15.6. The van der Waals surface area contributed by atoms with Crippen LogP contribution in [0.4, 0.5) is 5.82 Å². The Morgan fingerprint density at radius 1 is 1.52 bits per heavy atom. The van der Waals surface area contributed by atoms with Crippen LogP contribution in [0.5, 0.6) is 0 Å². The highest BCUT2D eigenvalue weighted by Crippen LogP contribution is 2.35. The van der Waals surface area contributed by atoms with Crippen molar-refractivity contribution in [2.24, 2.45) is 5.92 Å². The van der Waals surface area contributed by atoms with E-state index >= 15 is 0 Å². The zero-order valence-electron chi connectivity index (χ0n) is 12.9. The van der Waals surface area contributed by atoms with Crippen molar-refractivity contribution in [2.45, 2.75) is 52.0 Å². The van der Waals surface area contributed by atoms with Crippen LogP contribution in [0.25, 0.3) is 0 Å². The van der Waals surface area contributed by atoms with E-state index in [1.165, 1.54) is 0 Å². The lowest BCUT2D eigenvalue weighted by Crippen LogP contribution is -2.46. The van der Waals surface area contributed by atoms with E-state index in [0.717, 1.165) is 31.4 Å². The Hall–Kier alpha value is -1.62. The van der Waals surface area contributed by atoms with Crippen LogP contribution in [-0.2, 0) is 0 Å². The van der Waals surface area contributed by atoms with Crippen LogP contribution in [0.15, 0.2) is 6.07 Å². The smallest absolute Gasteiger partial charge is 0.339 e. The number of nitrogens with one attached hydrogen (secondary N) is 1. The highest BCUT2D eigenvalue weighted by atomic mass is 16.4. The Morgan fingerprint density at radius 3 is 2.81 bits per heavy atom. The lowest BCUT2D eigenvalue weighted by molar-refractivity contribution is 0.0696. The van der Waals surface area contributed by atoms with Gasteiger partial charge < -0.3 is 15.5 Å². The molecule has 1 aliphatic rings. The lowest BCUT2D eigenvalue weighted by Gasteiger charge is -2.40. The van der Waals surface area contributed by atoms with E-state index in [0.29, 0.717) is 17.3 Å². The molecule has 1 heterocycles. The van der Waals surface area contributed by atoms with Gasteiger partial charge in [-0.2, -0.15) is 0 Å². The molecule has 1 fully saturated rings. The SMILES string of the molecule is Cc1cc(C)c(C(=O)O)c(NC2(CO)CCCC(C)C2)n1. The molecular weight excluding hydrogens is 268 g/mol. The summed E-state index contributed by atoms with van der Waals surface area (Å²) in [6.45, 7) is 5.78. The molecule has 2 atom stereocenters. The summed E-state index contributed by atoms with van der Waals surface area (Å²) >= 11 is 0. The second-order valence-corrected chi connectivity index (χ2v) is 6.37. The molecule has 0 radical (unpaired) electrons. The number of aliphatic hydroxyl groups excluding tert-OH is 1. The first kappa shape index (κ1) is 15.8. The number of aromatic carboxylic acids is 1. The van der Waals surface area contributed by atoms with Gasteiger partial charge in [0.05, 0.1) is 12.1 Å². The number of aryl methyl sites for hydroxylation is 2. The van der Waals surface area contributed by atoms with Gasteiger partial charge in [-0.25, -0.2) is 9.78 Å². The van der Waals surface area contributed by atoms with Crippen LogP contribution in [0.1, 0.15) is 54.2 Å². The molecule has 1 aliphatic carbocycles. The van der Waals surface area contributed by atoms with Crippen LogP contribution in [0.3, 0.4) is 0 Å². The van der Waals surface area contributed by atoms with Gasteiger partial charge in [0.25, 0.3) is 0 Å². The first-order valence-corrected chi connectivity index (χ1v) is 7.47. The van der Waals surface area contributed by atoms with Gasteiger partial charge in [-0.05, 0) is 44.2 Å². The molecule has 1 aromatic heterocycles. The Bertz CT molecular complexity index is 545. The molecule has 0 amide bonds. The van der Waals surface area contributed by atoms with Gasteiger partial charge in [-0.1, -0.05) is 19.8 Å². The summed E-state index contributed by atoms with van der Waals surface area (Å²) in [5.41, 5.74) is 1.20. The number of hydrogen-bond donors (Lipinski definition) is 3. The summed E-state index contributed by atoms with van der Waals surface area (Å²) in [6, 6.07) is 1.77.